The minimum absolute atomic E-state index is 0.0278. The Morgan fingerprint density at radius 3 is 2.26 bits per heavy atom. The molecule has 122 valence electrons. The highest BCUT2D eigenvalue weighted by Crippen LogP contribution is 2.35. The molecule has 0 fully saturated rings. The van der Waals surface area contributed by atoms with E-state index >= 15 is 0 Å². The van der Waals surface area contributed by atoms with Gasteiger partial charge < -0.3 is 9.47 Å². The first kappa shape index (κ1) is 17.0. The summed E-state index contributed by atoms with van der Waals surface area (Å²) in [5.41, 5.74) is 1.10. The maximum atomic E-state index is 12.2. The van der Waals surface area contributed by atoms with Gasteiger partial charge in [0.2, 0.25) is 0 Å². The van der Waals surface area contributed by atoms with E-state index in [4.69, 9.17) is 16.3 Å². The second-order valence-electron chi connectivity index (χ2n) is 4.74. The van der Waals surface area contributed by atoms with Gasteiger partial charge in [-0.05, 0) is 37.1 Å². The van der Waals surface area contributed by atoms with Crippen LogP contribution in [0.25, 0.3) is 0 Å². The molecule has 5 nitrogen and oxygen atoms in total. The summed E-state index contributed by atoms with van der Waals surface area (Å²) in [5.74, 6) is 0.581. The van der Waals surface area contributed by atoms with E-state index in [-0.39, 0.29) is 16.5 Å². The number of ether oxygens (including phenoxy) is 2. The molecule has 0 spiro atoms. The van der Waals surface area contributed by atoms with E-state index in [9.17, 15) is 18.9 Å². The number of nitro groups is 1. The van der Waals surface area contributed by atoms with Gasteiger partial charge >= 0.3 is 6.61 Å². The van der Waals surface area contributed by atoms with Crippen LogP contribution in [-0.2, 0) is 0 Å². The third kappa shape index (κ3) is 4.07. The average molecular weight is 344 g/mol. The Hall–Kier alpha value is -2.41. The predicted octanol–water partition coefficient (Wildman–Crippen LogP) is 5.26. The minimum Gasteiger partial charge on any atom is -0.457 e. The summed E-state index contributed by atoms with van der Waals surface area (Å²) in [5, 5.41) is 10.8. The van der Waals surface area contributed by atoms with E-state index < -0.39 is 11.5 Å². The molecule has 0 bridgehead atoms. The molecule has 0 aliphatic heterocycles. The molecule has 0 aliphatic carbocycles. The lowest BCUT2D eigenvalue weighted by Crippen LogP contribution is -2.02. The van der Waals surface area contributed by atoms with Crippen LogP contribution in [0, 0.1) is 24.0 Å². The number of aryl methyl sites for hydroxylation is 2. The Labute approximate surface area is 135 Å². The SMILES string of the molecule is Cc1cc([N+](=O)[O-])cc(C)c1Oc1ccc(OC(F)F)c(Cl)c1. The van der Waals surface area contributed by atoms with Crippen LogP contribution in [0.1, 0.15) is 11.1 Å². The van der Waals surface area contributed by atoms with Gasteiger partial charge in [0.1, 0.15) is 17.2 Å². The summed E-state index contributed by atoms with van der Waals surface area (Å²) in [4.78, 5) is 10.3. The second-order valence-corrected chi connectivity index (χ2v) is 5.15. The van der Waals surface area contributed by atoms with E-state index in [0.717, 1.165) is 0 Å². The maximum absolute atomic E-state index is 12.2. The molecule has 2 rings (SSSR count). The van der Waals surface area contributed by atoms with Gasteiger partial charge in [0.25, 0.3) is 5.69 Å². The number of non-ortho nitro benzene ring substituents is 1. The number of benzene rings is 2. The fourth-order valence-electron chi connectivity index (χ4n) is 2.05. The standard InChI is InChI=1S/C15H12ClF2NO4/c1-8-5-10(19(20)21)6-9(2)14(8)22-11-3-4-13(12(16)7-11)23-15(17)18/h3-7,15H,1-2H3. The van der Waals surface area contributed by atoms with E-state index in [1.165, 1.54) is 30.3 Å². The second kappa shape index (κ2) is 6.78. The number of halogens is 3. The molecule has 0 aliphatic rings. The third-order valence-electron chi connectivity index (χ3n) is 3.00. The lowest BCUT2D eigenvalue weighted by Gasteiger charge is -2.13. The number of alkyl halides is 2. The summed E-state index contributed by atoms with van der Waals surface area (Å²) in [6.45, 7) is 0.370. The molecule has 0 amide bonds. The number of hydrogen-bond acceptors (Lipinski definition) is 4. The van der Waals surface area contributed by atoms with Gasteiger partial charge in [-0.3, -0.25) is 10.1 Å². The van der Waals surface area contributed by atoms with Crippen LogP contribution in [-0.4, -0.2) is 11.5 Å². The molecule has 0 unspecified atom stereocenters. The zero-order chi connectivity index (χ0) is 17.1. The summed E-state index contributed by atoms with van der Waals surface area (Å²) in [6, 6.07) is 6.79. The van der Waals surface area contributed by atoms with Crippen molar-refractivity contribution in [3.63, 3.8) is 0 Å². The summed E-state index contributed by atoms with van der Waals surface area (Å²) >= 11 is 5.86. The van der Waals surface area contributed by atoms with Crippen LogP contribution in [0.3, 0.4) is 0 Å². The van der Waals surface area contributed by atoms with Crippen LogP contribution >= 0.6 is 11.6 Å². The van der Waals surface area contributed by atoms with E-state index in [2.05, 4.69) is 4.74 Å². The smallest absolute Gasteiger partial charge is 0.387 e. The van der Waals surface area contributed by atoms with Gasteiger partial charge in [0, 0.05) is 18.2 Å². The molecule has 2 aromatic carbocycles. The lowest BCUT2D eigenvalue weighted by atomic mass is 10.1. The summed E-state index contributed by atoms with van der Waals surface area (Å²) in [7, 11) is 0. The van der Waals surface area contributed by atoms with Crippen molar-refractivity contribution in [3.8, 4) is 17.2 Å². The first-order chi connectivity index (χ1) is 10.8. The lowest BCUT2D eigenvalue weighted by molar-refractivity contribution is -0.385. The Balaban J connectivity index is 2.29. The van der Waals surface area contributed by atoms with Crippen molar-refractivity contribution >= 4 is 17.3 Å². The van der Waals surface area contributed by atoms with Crippen molar-refractivity contribution in [2.75, 3.05) is 0 Å². The summed E-state index contributed by atoms with van der Waals surface area (Å²) in [6.07, 6.45) is 0. The fraction of sp³-hybridized carbons (Fsp3) is 0.200. The van der Waals surface area contributed by atoms with Crippen LogP contribution in [0.5, 0.6) is 17.2 Å². The Kier molecular flexibility index (Phi) is 5.00. The molecule has 0 atom stereocenters. The molecule has 0 saturated heterocycles. The predicted molar refractivity (Wildman–Crippen MR) is 80.7 cm³/mol. The Morgan fingerprint density at radius 2 is 1.78 bits per heavy atom. The molecular formula is C15H12ClF2NO4. The normalized spacial score (nSPS) is 10.7. The van der Waals surface area contributed by atoms with Crippen molar-refractivity contribution in [2.45, 2.75) is 20.5 Å². The molecule has 23 heavy (non-hydrogen) atoms. The highest BCUT2D eigenvalue weighted by Gasteiger charge is 2.15. The highest BCUT2D eigenvalue weighted by molar-refractivity contribution is 6.32. The summed E-state index contributed by atoms with van der Waals surface area (Å²) < 4.78 is 34.3. The molecular weight excluding hydrogens is 332 g/mol. The fourth-order valence-corrected chi connectivity index (χ4v) is 2.26. The van der Waals surface area contributed by atoms with E-state index in [1.54, 1.807) is 13.8 Å². The largest absolute Gasteiger partial charge is 0.457 e. The van der Waals surface area contributed by atoms with Crippen molar-refractivity contribution < 1.29 is 23.2 Å². The third-order valence-corrected chi connectivity index (χ3v) is 3.29. The van der Waals surface area contributed by atoms with Gasteiger partial charge in [-0.1, -0.05) is 11.6 Å². The van der Waals surface area contributed by atoms with Gasteiger partial charge in [-0.25, -0.2) is 0 Å². The van der Waals surface area contributed by atoms with Crippen molar-refractivity contribution in [1.82, 2.24) is 0 Å². The topological polar surface area (TPSA) is 61.6 Å². The molecule has 0 N–H and O–H groups in total. The van der Waals surface area contributed by atoms with Gasteiger partial charge in [-0.2, -0.15) is 8.78 Å². The molecule has 0 radical (unpaired) electrons. The first-order valence-electron chi connectivity index (χ1n) is 6.45. The first-order valence-corrected chi connectivity index (χ1v) is 6.83. The van der Waals surface area contributed by atoms with Crippen LogP contribution in [0.2, 0.25) is 5.02 Å². The average Bonchev–Trinajstić information content (AvgIpc) is 2.45. The number of hydrogen-bond donors (Lipinski definition) is 0. The Morgan fingerprint density at radius 1 is 1.17 bits per heavy atom. The van der Waals surface area contributed by atoms with Crippen molar-refractivity contribution in [2.24, 2.45) is 0 Å². The number of nitro benzene ring substituents is 1. The quantitative estimate of drug-likeness (QED) is 0.549. The van der Waals surface area contributed by atoms with Gasteiger partial charge in [-0.15, -0.1) is 0 Å². The number of rotatable bonds is 5. The molecule has 0 heterocycles. The van der Waals surface area contributed by atoms with Crippen LogP contribution in [0.15, 0.2) is 30.3 Å². The minimum atomic E-state index is -2.97. The van der Waals surface area contributed by atoms with Crippen LogP contribution in [0.4, 0.5) is 14.5 Å². The van der Waals surface area contributed by atoms with E-state index in [0.29, 0.717) is 22.6 Å². The van der Waals surface area contributed by atoms with Crippen molar-refractivity contribution in [1.29, 1.82) is 0 Å². The molecule has 2 aromatic rings. The van der Waals surface area contributed by atoms with Gasteiger partial charge in [0.05, 0.1) is 9.95 Å². The number of nitrogens with zero attached hydrogens (tertiary/aromatic N) is 1. The molecule has 8 heteroatoms. The maximum Gasteiger partial charge on any atom is 0.387 e. The van der Waals surface area contributed by atoms with Gasteiger partial charge in [0.15, 0.2) is 0 Å². The van der Waals surface area contributed by atoms with E-state index in [1.807, 2.05) is 0 Å². The highest BCUT2D eigenvalue weighted by atomic mass is 35.5. The molecule has 0 saturated carbocycles. The zero-order valence-electron chi connectivity index (χ0n) is 12.2. The molecule has 0 aromatic heterocycles. The Bertz CT molecular complexity index is 729. The van der Waals surface area contributed by atoms with Crippen LogP contribution < -0.4 is 9.47 Å². The van der Waals surface area contributed by atoms with Crippen molar-refractivity contribution in [3.05, 3.63) is 56.6 Å². The zero-order valence-corrected chi connectivity index (χ0v) is 12.9. The monoisotopic (exact) mass is 343 g/mol.